The molecule has 408 valence electrons. The highest BCUT2D eigenvalue weighted by Gasteiger charge is 2.39. The Balaban J connectivity index is 1.43. The lowest BCUT2D eigenvalue weighted by Gasteiger charge is -2.30. The number of fused-ring (bicyclic) bond motifs is 4. The predicted molar refractivity (Wildman–Crippen MR) is 279 cm³/mol. The molecule has 27 nitrogen and oxygen atoms in total. The van der Waals surface area contributed by atoms with Gasteiger partial charge in [-0.15, -0.1) is 0 Å². The minimum atomic E-state index is -2.14. The number of amides is 6. The average molecular weight is 1140 g/mol. The Morgan fingerprint density at radius 3 is 2.32 bits per heavy atom. The molecule has 3 aromatic rings. The van der Waals surface area contributed by atoms with E-state index in [2.05, 4.69) is 57.2 Å². The molecule has 15 N–H and O–H groups in total. The van der Waals surface area contributed by atoms with Crippen molar-refractivity contribution in [2.75, 3.05) is 43.2 Å². The van der Waals surface area contributed by atoms with E-state index in [1.807, 2.05) is 0 Å². The van der Waals surface area contributed by atoms with Gasteiger partial charge >= 0.3 is 11.9 Å². The van der Waals surface area contributed by atoms with E-state index in [-0.39, 0.29) is 69.7 Å². The SMILES string of the molecule is CSCCC(NC(=O)C1CSSCC(NC(=O)C(CO)NC(=O)CNC(=S)c2[nH]c(C(=O)OC(C)C)nc2O)C(=O)NC(Cc2ccc(O)cc2)C(=O)N2CCCC2c2nc(O)c([nH]2)C(=S)NC(O)C(=O)N1)C(=O)O. The summed E-state index contributed by atoms with van der Waals surface area (Å²) in [5.74, 6) is -10.1. The third kappa shape index (κ3) is 16.8. The van der Waals surface area contributed by atoms with Gasteiger partial charge in [0.2, 0.25) is 53.3 Å². The second-order valence-corrected chi connectivity index (χ2v) is 21.3. The standard InChI is InChI=1S/C43H56N12O15S5/c1-18(2)70-43(69)31-51-28(35(62)53-31)39(71)44-14-27(58)45-23(15-56)32(59)48-24-16-74-75-17-25(33(60)46-21(42(67)68)10-12-73-3)49-37(64)38(65)54-40(72)29-36(63)52-30(50-29)26-5-4-11-55(26)41(66)22(47-34(24)61)13-19-6-8-20(57)9-7-19/h6-9,18,21-26,38,56-57,62-63,65H,4-5,10-17H2,1-3H3,(H,44,71)(H,45,58)(H,46,60)(H,47,61)(H,48,59)(H,49,64)(H,50,52)(H,51,53)(H,54,72)(H,67,68). The van der Waals surface area contributed by atoms with E-state index in [1.54, 1.807) is 20.1 Å². The molecule has 7 atom stereocenters. The van der Waals surface area contributed by atoms with Gasteiger partial charge in [0.1, 0.15) is 63.1 Å². The van der Waals surface area contributed by atoms with Crippen molar-refractivity contribution in [2.24, 2.45) is 0 Å². The van der Waals surface area contributed by atoms with Crippen LogP contribution in [0.4, 0.5) is 0 Å². The van der Waals surface area contributed by atoms with Crippen LogP contribution in [0.2, 0.25) is 0 Å². The van der Waals surface area contributed by atoms with Gasteiger partial charge in [-0.1, -0.05) is 58.2 Å². The number of phenolic OH excluding ortho intramolecular Hbond substituents is 1. The van der Waals surface area contributed by atoms with Crippen molar-refractivity contribution in [2.45, 2.75) is 88.1 Å². The topological polar surface area (TPSA) is 412 Å². The molecule has 0 aliphatic carbocycles. The van der Waals surface area contributed by atoms with Gasteiger partial charge in [0.15, 0.2) is 0 Å². The number of carboxylic acids is 1. The van der Waals surface area contributed by atoms with E-state index in [0.29, 0.717) is 24.2 Å². The number of aromatic nitrogens is 4. The summed E-state index contributed by atoms with van der Waals surface area (Å²) in [5, 5.41) is 79.4. The molecule has 2 bridgehead atoms. The zero-order chi connectivity index (χ0) is 55.1. The Labute approximate surface area is 450 Å². The number of ether oxygens (including phenoxy) is 1. The number of aromatic amines is 2. The van der Waals surface area contributed by atoms with Gasteiger partial charge in [-0.25, -0.2) is 9.59 Å². The second-order valence-electron chi connectivity index (χ2n) is 16.9. The monoisotopic (exact) mass is 1140 g/mol. The number of carboxylic acid groups (broad SMARTS) is 1. The van der Waals surface area contributed by atoms with Crippen molar-refractivity contribution in [3.63, 3.8) is 0 Å². The molecule has 2 aliphatic rings. The molecular weight excluding hydrogens is 1080 g/mol. The highest BCUT2D eigenvalue weighted by atomic mass is 33.1. The highest BCUT2D eigenvalue weighted by Crippen LogP contribution is 2.33. The number of aliphatic hydroxyl groups is 2. The number of carbonyl (C=O) groups is 8. The summed E-state index contributed by atoms with van der Waals surface area (Å²) in [6.07, 6.45) is -0.292. The van der Waals surface area contributed by atoms with E-state index in [9.17, 15) is 69.0 Å². The fraction of sp³-hybridized carbons (Fsp3) is 0.488. The first-order chi connectivity index (χ1) is 35.6. The summed E-state index contributed by atoms with van der Waals surface area (Å²) in [4.78, 5) is 122. The Hall–Kier alpha value is -6.45. The summed E-state index contributed by atoms with van der Waals surface area (Å²) < 4.78 is 5.05. The molecule has 2 aliphatic heterocycles. The summed E-state index contributed by atoms with van der Waals surface area (Å²) >= 11 is 11.9. The third-order valence-corrected chi connectivity index (χ3v) is 14.8. The molecule has 7 unspecified atom stereocenters. The molecule has 4 heterocycles. The lowest BCUT2D eigenvalue weighted by molar-refractivity contribution is -0.142. The normalized spacial score (nSPS) is 20.6. The molecule has 1 aromatic carbocycles. The van der Waals surface area contributed by atoms with Gasteiger partial charge in [-0.2, -0.15) is 21.7 Å². The maximum atomic E-state index is 14.7. The molecule has 1 fully saturated rings. The predicted octanol–water partition coefficient (Wildman–Crippen LogP) is -2.08. The van der Waals surface area contributed by atoms with Crippen LogP contribution in [-0.4, -0.2) is 199 Å². The first-order valence-corrected chi connectivity index (χ1v) is 27.5. The fourth-order valence-corrected chi connectivity index (χ4v) is 10.5. The Morgan fingerprint density at radius 1 is 0.947 bits per heavy atom. The molecule has 0 spiro atoms. The molecule has 1 saturated heterocycles. The maximum Gasteiger partial charge on any atom is 0.374 e. The van der Waals surface area contributed by atoms with E-state index in [1.165, 1.54) is 40.9 Å². The lowest BCUT2D eigenvalue weighted by Crippen LogP contribution is -2.59. The first kappa shape index (κ1) is 59.4. The number of H-pyrrole nitrogens is 2. The number of nitrogens with one attached hydrogen (secondary N) is 9. The number of aromatic hydroxyl groups is 3. The summed E-state index contributed by atoms with van der Waals surface area (Å²) in [6.45, 7) is 1.71. The zero-order valence-electron chi connectivity index (χ0n) is 40.2. The van der Waals surface area contributed by atoms with Crippen LogP contribution in [0.25, 0.3) is 0 Å². The van der Waals surface area contributed by atoms with Gasteiger partial charge in [0, 0.05) is 24.5 Å². The van der Waals surface area contributed by atoms with E-state index >= 15 is 0 Å². The Bertz CT molecular complexity index is 2600. The Kier molecular flexibility index (Phi) is 22.1. The van der Waals surface area contributed by atoms with Crippen LogP contribution in [0.5, 0.6) is 17.5 Å². The second kappa shape index (κ2) is 27.9. The minimum absolute atomic E-state index is 0.0119. The van der Waals surface area contributed by atoms with Crippen LogP contribution >= 0.6 is 57.8 Å². The lowest BCUT2D eigenvalue weighted by atomic mass is 10.0. The minimum Gasteiger partial charge on any atom is -0.508 e. The molecule has 75 heavy (non-hydrogen) atoms. The van der Waals surface area contributed by atoms with E-state index < -0.39 is 121 Å². The smallest absolute Gasteiger partial charge is 0.374 e. The number of thioether (sulfide) groups is 1. The van der Waals surface area contributed by atoms with Gasteiger partial charge in [-0.3, -0.25) is 28.8 Å². The molecule has 2 aromatic heterocycles. The molecule has 32 heteroatoms. The van der Waals surface area contributed by atoms with Crippen LogP contribution in [-0.2, 0) is 44.7 Å². The summed E-state index contributed by atoms with van der Waals surface area (Å²) in [5.41, 5.74) is 0.0250. The third-order valence-electron chi connectivity index (χ3n) is 11.0. The van der Waals surface area contributed by atoms with Crippen LogP contribution in [0.15, 0.2) is 24.3 Å². The highest BCUT2D eigenvalue weighted by molar-refractivity contribution is 8.76. The maximum absolute atomic E-state index is 14.7. The van der Waals surface area contributed by atoms with E-state index in [0.717, 1.165) is 21.6 Å². The number of imidazole rings is 2. The first-order valence-electron chi connectivity index (χ1n) is 22.8. The number of carbonyl (C=O) groups excluding carboxylic acids is 7. The van der Waals surface area contributed by atoms with Crippen molar-refractivity contribution in [1.82, 2.24) is 62.1 Å². The molecule has 6 amide bonds. The summed E-state index contributed by atoms with van der Waals surface area (Å²) in [6, 6.07) is -2.61. The number of nitrogens with zero attached hydrogens (tertiary/aromatic N) is 3. The van der Waals surface area contributed by atoms with Crippen LogP contribution < -0.4 is 37.2 Å². The molecule has 0 radical (unpaired) electrons. The number of hydrogen-bond donors (Lipinski definition) is 15. The number of esters is 1. The quantitative estimate of drug-likeness (QED) is 0.0392. The number of rotatable bonds is 17. The number of thiocarbonyl (C=S) groups is 2. The largest absolute Gasteiger partial charge is 0.508 e. The van der Waals surface area contributed by atoms with Gasteiger partial charge in [0.25, 0.3) is 5.91 Å². The molecule has 0 saturated carbocycles. The van der Waals surface area contributed by atoms with E-state index in [4.69, 9.17) is 29.2 Å². The van der Waals surface area contributed by atoms with Crippen molar-refractivity contribution in [3.8, 4) is 17.5 Å². The molecular formula is C43H56N12O15S5. The Morgan fingerprint density at radius 2 is 1.65 bits per heavy atom. The van der Waals surface area contributed by atoms with Gasteiger partial charge in [0.05, 0.1) is 25.3 Å². The zero-order valence-corrected chi connectivity index (χ0v) is 44.3. The summed E-state index contributed by atoms with van der Waals surface area (Å²) in [7, 11) is 1.75. The average Bonchev–Trinajstić information content (AvgIpc) is 4.12. The number of aliphatic hydroxyl groups excluding tert-OH is 2. The number of hydrogen-bond acceptors (Lipinski definition) is 21. The fourth-order valence-electron chi connectivity index (χ4n) is 7.28. The van der Waals surface area contributed by atoms with Gasteiger partial charge in [-0.05, 0) is 62.8 Å². The van der Waals surface area contributed by atoms with Crippen molar-refractivity contribution in [1.29, 1.82) is 0 Å². The van der Waals surface area contributed by atoms with Crippen LogP contribution in [0, 0.1) is 0 Å². The van der Waals surface area contributed by atoms with Crippen molar-refractivity contribution in [3.05, 3.63) is 52.9 Å². The van der Waals surface area contributed by atoms with Crippen LogP contribution in [0.3, 0.4) is 0 Å². The van der Waals surface area contributed by atoms with Crippen LogP contribution in [0.1, 0.15) is 72.5 Å². The van der Waals surface area contributed by atoms with Gasteiger partial charge < -0.3 is 87.5 Å². The van der Waals surface area contributed by atoms with Crippen molar-refractivity contribution < 1.29 is 73.7 Å². The number of aliphatic carboxylic acids is 1. The number of benzene rings is 1. The van der Waals surface area contributed by atoms with Crippen molar-refractivity contribution >= 4 is 115 Å². The number of phenols is 1. The molecule has 5 rings (SSSR count).